The van der Waals surface area contributed by atoms with Gasteiger partial charge in [-0.05, 0) is 31.4 Å². The lowest BCUT2D eigenvalue weighted by atomic mass is 10.0. The minimum atomic E-state index is -2.90. The van der Waals surface area contributed by atoms with E-state index in [1.165, 1.54) is 18.1 Å². The molecule has 3 aromatic heterocycles. The maximum atomic E-state index is 13.8. The largest absolute Gasteiger partial charge is 0.497 e. The molecule has 0 unspecified atom stereocenters. The number of carbonyl (C=O) groups is 1. The van der Waals surface area contributed by atoms with Crippen molar-refractivity contribution in [3.63, 3.8) is 0 Å². The van der Waals surface area contributed by atoms with Gasteiger partial charge in [-0.25, -0.2) is 28.5 Å². The zero-order valence-electron chi connectivity index (χ0n) is 24.6. The van der Waals surface area contributed by atoms with Gasteiger partial charge in [0, 0.05) is 60.4 Å². The predicted molar refractivity (Wildman–Crippen MR) is 159 cm³/mol. The summed E-state index contributed by atoms with van der Waals surface area (Å²) in [5.74, 6) is 1.77. The summed E-state index contributed by atoms with van der Waals surface area (Å²) in [6.07, 6.45) is 4.01. The summed E-state index contributed by atoms with van der Waals surface area (Å²) in [5.41, 5.74) is 2.24. The van der Waals surface area contributed by atoms with Crippen LogP contribution in [0.25, 0.3) is 11.1 Å². The van der Waals surface area contributed by atoms with Crippen LogP contribution in [0.5, 0.6) is 17.2 Å². The summed E-state index contributed by atoms with van der Waals surface area (Å²) in [7, 11) is 3.09. The number of hydrogen-bond donors (Lipinski definition) is 3. The number of halogens is 2. The van der Waals surface area contributed by atoms with Gasteiger partial charge >= 0.3 is 6.09 Å². The highest BCUT2D eigenvalue weighted by atomic mass is 19.3. The van der Waals surface area contributed by atoms with Crippen molar-refractivity contribution >= 4 is 23.5 Å². The van der Waals surface area contributed by atoms with Crippen LogP contribution in [-0.2, 0) is 13.1 Å². The number of alkyl halides is 2. The highest BCUT2D eigenvalue weighted by Gasteiger charge is 2.32. The molecule has 15 heteroatoms. The molecule has 236 valence electrons. The molecule has 0 bridgehead atoms. The monoisotopic (exact) mass is 622 g/mol. The standard InChI is InChI=1S/C30H32F2N8O5/c1-43-21-4-3-17(23(9-21)44-2)12-33-26-11-27(38-29(37-26)28(31)32)36-25-10-24(45-20-5-6-20)22(14-34-25)18-13-35-39(15-18)16-19-7-8-40(19)30(41)42/h3-4,9-11,13-15,19-20,28H,5-8,12,16H2,1-2H3,(H,41,42)(H2,33,34,36,37,38)/t19-/m0/s1. The molecule has 0 spiro atoms. The Morgan fingerprint density at radius 3 is 2.56 bits per heavy atom. The van der Waals surface area contributed by atoms with E-state index in [-0.39, 0.29) is 30.3 Å². The number of ether oxygens (including phenoxy) is 3. The average Bonchev–Trinajstić information content (AvgIpc) is 3.71. The first-order chi connectivity index (χ1) is 21.8. The molecule has 1 saturated heterocycles. The van der Waals surface area contributed by atoms with Crippen molar-refractivity contribution < 1.29 is 32.9 Å². The van der Waals surface area contributed by atoms with Crippen LogP contribution in [0.3, 0.4) is 0 Å². The predicted octanol–water partition coefficient (Wildman–Crippen LogP) is 5.34. The molecular weight excluding hydrogens is 590 g/mol. The lowest BCUT2D eigenvalue weighted by molar-refractivity contribution is 0.0658. The van der Waals surface area contributed by atoms with E-state index in [1.54, 1.807) is 42.4 Å². The third kappa shape index (κ3) is 6.97. The molecule has 45 heavy (non-hydrogen) atoms. The maximum absolute atomic E-state index is 13.8. The molecule has 0 radical (unpaired) electrons. The molecule has 6 rings (SSSR count). The zero-order chi connectivity index (χ0) is 31.5. The van der Waals surface area contributed by atoms with E-state index in [0.717, 1.165) is 30.4 Å². The Morgan fingerprint density at radius 2 is 1.87 bits per heavy atom. The number of amides is 1. The number of nitrogens with zero attached hydrogens (tertiary/aromatic N) is 6. The van der Waals surface area contributed by atoms with Gasteiger partial charge < -0.3 is 34.9 Å². The Balaban J connectivity index is 1.21. The number of hydrogen-bond acceptors (Lipinski definition) is 10. The molecule has 4 aromatic rings. The first-order valence-electron chi connectivity index (χ1n) is 14.4. The third-order valence-electron chi connectivity index (χ3n) is 7.56. The normalized spacial score (nSPS) is 15.8. The number of rotatable bonds is 13. The second-order valence-corrected chi connectivity index (χ2v) is 10.7. The van der Waals surface area contributed by atoms with Crippen molar-refractivity contribution in [3.05, 3.63) is 60.3 Å². The van der Waals surface area contributed by atoms with Gasteiger partial charge in [0.15, 0.2) is 5.82 Å². The quantitative estimate of drug-likeness (QED) is 0.177. The van der Waals surface area contributed by atoms with Gasteiger partial charge in [-0.3, -0.25) is 4.68 Å². The van der Waals surface area contributed by atoms with E-state index < -0.39 is 18.3 Å². The summed E-state index contributed by atoms with van der Waals surface area (Å²) < 4.78 is 46.1. The number of anilines is 3. The van der Waals surface area contributed by atoms with Crippen LogP contribution in [-0.4, -0.2) is 73.7 Å². The number of pyridine rings is 1. The Labute approximate surface area is 257 Å². The Hall–Kier alpha value is -5.21. The number of carboxylic acid groups (broad SMARTS) is 1. The average molecular weight is 623 g/mol. The molecule has 1 amide bonds. The van der Waals surface area contributed by atoms with Crippen molar-refractivity contribution in [2.75, 3.05) is 31.4 Å². The minimum Gasteiger partial charge on any atom is -0.497 e. The molecule has 2 aliphatic rings. The molecule has 1 aromatic carbocycles. The smallest absolute Gasteiger partial charge is 0.407 e. The molecule has 1 saturated carbocycles. The van der Waals surface area contributed by atoms with E-state index in [2.05, 4.69) is 30.7 Å². The van der Waals surface area contributed by atoms with Gasteiger partial charge in [0.25, 0.3) is 6.43 Å². The molecule has 2 fully saturated rings. The van der Waals surface area contributed by atoms with Gasteiger partial charge in [-0.2, -0.15) is 5.10 Å². The molecule has 1 atom stereocenters. The summed E-state index contributed by atoms with van der Waals surface area (Å²) >= 11 is 0. The van der Waals surface area contributed by atoms with Crippen molar-refractivity contribution in [2.24, 2.45) is 0 Å². The maximum Gasteiger partial charge on any atom is 0.407 e. The van der Waals surface area contributed by atoms with E-state index in [4.69, 9.17) is 14.2 Å². The van der Waals surface area contributed by atoms with E-state index in [0.29, 0.717) is 41.7 Å². The van der Waals surface area contributed by atoms with Crippen LogP contribution in [0, 0.1) is 0 Å². The summed E-state index contributed by atoms with van der Waals surface area (Å²) in [6, 6.07) is 8.42. The van der Waals surface area contributed by atoms with Crippen molar-refractivity contribution in [1.82, 2.24) is 29.6 Å². The second kappa shape index (κ2) is 12.8. The summed E-state index contributed by atoms with van der Waals surface area (Å²) in [6.45, 7) is 1.22. The van der Waals surface area contributed by atoms with Crippen LogP contribution in [0.15, 0.2) is 48.9 Å². The Morgan fingerprint density at radius 1 is 1.04 bits per heavy atom. The number of aromatic nitrogens is 5. The summed E-state index contributed by atoms with van der Waals surface area (Å²) in [4.78, 5) is 25.2. The zero-order valence-corrected chi connectivity index (χ0v) is 24.6. The second-order valence-electron chi connectivity index (χ2n) is 10.7. The van der Waals surface area contributed by atoms with Gasteiger partial charge in [0.05, 0.1) is 39.1 Å². The Bertz CT molecular complexity index is 1680. The van der Waals surface area contributed by atoms with Crippen molar-refractivity contribution in [3.8, 4) is 28.4 Å². The third-order valence-corrected chi connectivity index (χ3v) is 7.56. The van der Waals surface area contributed by atoms with Crippen LogP contribution < -0.4 is 24.8 Å². The molecule has 1 aliphatic carbocycles. The lowest BCUT2D eigenvalue weighted by Gasteiger charge is -2.38. The minimum absolute atomic E-state index is 0.0726. The fraction of sp³-hybridized carbons (Fsp3) is 0.367. The molecule has 4 heterocycles. The van der Waals surface area contributed by atoms with Crippen LogP contribution in [0.4, 0.5) is 31.0 Å². The van der Waals surface area contributed by atoms with E-state index >= 15 is 0 Å². The number of nitrogens with one attached hydrogen (secondary N) is 2. The lowest BCUT2D eigenvalue weighted by Crippen LogP contribution is -2.52. The van der Waals surface area contributed by atoms with Gasteiger partial charge in [0.2, 0.25) is 0 Å². The first-order valence-corrected chi connectivity index (χ1v) is 14.4. The fourth-order valence-electron chi connectivity index (χ4n) is 4.92. The van der Waals surface area contributed by atoms with Gasteiger partial charge in [-0.1, -0.05) is 0 Å². The SMILES string of the molecule is COc1ccc(CNc2cc(Nc3cc(OC4CC4)c(-c4cnn(C[C@@H]5CCN5C(=O)O)c4)cn3)nc(C(F)F)n2)c(OC)c1. The first kappa shape index (κ1) is 29.8. The van der Waals surface area contributed by atoms with Crippen molar-refractivity contribution in [2.45, 2.75) is 50.9 Å². The Kier molecular flexibility index (Phi) is 8.49. The number of methoxy groups -OCH3 is 2. The molecular formula is C30H32F2N8O5. The van der Waals surface area contributed by atoms with E-state index in [1.807, 2.05) is 12.3 Å². The highest BCUT2D eigenvalue weighted by Crippen LogP contribution is 2.37. The molecule has 13 nitrogen and oxygen atoms in total. The van der Waals surface area contributed by atoms with Crippen LogP contribution in [0.2, 0.25) is 0 Å². The fourth-order valence-corrected chi connectivity index (χ4v) is 4.92. The van der Waals surface area contributed by atoms with E-state index in [9.17, 15) is 18.7 Å². The van der Waals surface area contributed by atoms with Gasteiger partial charge in [-0.15, -0.1) is 0 Å². The van der Waals surface area contributed by atoms with Gasteiger partial charge in [0.1, 0.15) is 34.7 Å². The molecule has 3 N–H and O–H groups in total. The number of likely N-dealkylation sites (tertiary alicyclic amines) is 1. The van der Waals surface area contributed by atoms with Crippen molar-refractivity contribution in [1.29, 1.82) is 0 Å². The highest BCUT2D eigenvalue weighted by molar-refractivity contribution is 5.72. The van der Waals surface area contributed by atoms with Crippen LogP contribution in [0.1, 0.15) is 37.1 Å². The number of benzene rings is 1. The van der Waals surface area contributed by atoms with Crippen LogP contribution >= 0.6 is 0 Å². The molecule has 1 aliphatic heterocycles. The summed E-state index contributed by atoms with van der Waals surface area (Å²) in [5, 5.41) is 19.8. The topological polar surface area (TPSA) is 149 Å².